The van der Waals surface area contributed by atoms with E-state index in [1.54, 1.807) is 0 Å². The van der Waals surface area contributed by atoms with Gasteiger partial charge < -0.3 is 10.5 Å². The normalized spacial score (nSPS) is 17.4. The molecule has 0 radical (unpaired) electrons. The quantitative estimate of drug-likeness (QED) is 0.771. The van der Waals surface area contributed by atoms with Crippen molar-refractivity contribution in [1.29, 1.82) is 0 Å². The van der Waals surface area contributed by atoms with Gasteiger partial charge in [0.15, 0.2) is 0 Å². The monoisotopic (exact) mass is 219 g/mol. The Morgan fingerprint density at radius 3 is 2.44 bits per heavy atom. The molecule has 0 bridgehead atoms. The van der Waals surface area contributed by atoms with Crippen LogP contribution in [0.1, 0.15) is 43.2 Å². The van der Waals surface area contributed by atoms with Crippen molar-refractivity contribution in [1.82, 2.24) is 0 Å². The lowest BCUT2D eigenvalue weighted by Gasteiger charge is -2.24. The molecule has 0 spiro atoms. The van der Waals surface area contributed by atoms with Crippen molar-refractivity contribution >= 4 is 5.69 Å². The van der Waals surface area contributed by atoms with Gasteiger partial charge >= 0.3 is 0 Å². The Morgan fingerprint density at radius 2 is 1.75 bits per heavy atom. The lowest BCUT2D eigenvalue weighted by Crippen LogP contribution is -2.20. The van der Waals surface area contributed by atoms with Gasteiger partial charge in [0, 0.05) is 11.8 Å². The van der Waals surface area contributed by atoms with Crippen molar-refractivity contribution in [3.8, 4) is 5.75 Å². The molecule has 2 heteroatoms. The second-order valence-corrected chi connectivity index (χ2v) is 4.85. The minimum Gasteiger partial charge on any atom is -0.490 e. The standard InChI is InChI=1S/C14H21NO/c1-10-8-11(2)14(9-13(10)15)16-12-6-4-3-5-7-12/h8-9,12H,3-7,15H2,1-2H3. The number of anilines is 1. The fourth-order valence-corrected chi connectivity index (χ4v) is 2.34. The van der Waals surface area contributed by atoms with Gasteiger partial charge in [-0.05, 0) is 50.7 Å². The summed E-state index contributed by atoms with van der Waals surface area (Å²) in [5.74, 6) is 0.968. The van der Waals surface area contributed by atoms with E-state index < -0.39 is 0 Å². The minimum absolute atomic E-state index is 0.398. The third kappa shape index (κ3) is 2.49. The Morgan fingerprint density at radius 1 is 1.06 bits per heavy atom. The number of ether oxygens (including phenoxy) is 1. The molecular weight excluding hydrogens is 198 g/mol. The molecular formula is C14H21NO. The number of rotatable bonds is 2. The summed E-state index contributed by atoms with van der Waals surface area (Å²) in [4.78, 5) is 0. The fourth-order valence-electron chi connectivity index (χ4n) is 2.34. The predicted molar refractivity (Wildman–Crippen MR) is 67.8 cm³/mol. The third-order valence-electron chi connectivity index (χ3n) is 3.41. The summed E-state index contributed by atoms with van der Waals surface area (Å²) < 4.78 is 6.04. The summed E-state index contributed by atoms with van der Waals surface area (Å²) in [5.41, 5.74) is 9.07. The molecule has 1 aromatic rings. The van der Waals surface area contributed by atoms with E-state index in [0.29, 0.717) is 6.10 Å². The Kier molecular flexibility index (Phi) is 3.37. The van der Waals surface area contributed by atoms with Gasteiger partial charge in [-0.15, -0.1) is 0 Å². The Labute approximate surface area is 97.8 Å². The van der Waals surface area contributed by atoms with Crippen molar-refractivity contribution in [3.05, 3.63) is 23.3 Å². The average molecular weight is 219 g/mol. The molecule has 1 aliphatic rings. The van der Waals surface area contributed by atoms with Crippen molar-refractivity contribution in [3.63, 3.8) is 0 Å². The molecule has 0 aromatic heterocycles. The first-order chi connectivity index (χ1) is 7.66. The third-order valence-corrected chi connectivity index (χ3v) is 3.41. The highest BCUT2D eigenvalue weighted by Gasteiger charge is 2.16. The molecule has 2 rings (SSSR count). The van der Waals surface area contributed by atoms with Crippen LogP contribution in [0.25, 0.3) is 0 Å². The van der Waals surface area contributed by atoms with Gasteiger partial charge in [0.1, 0.15) is 5.75 Å². The average Bonchev–Trinajstić information content (AvgIpc) is 2.27. The van der Waals surface area contributed by atoms with Crippen LogP contribution in [0.3, 0.4) is 0 Å². The topological polar surface area (TPSA) is 35.2 Å². The summed E-state index contributed by atoms with van der Waals surface area (Å²) in [6.45, 7) is 4.12. The highest BCUT2D eigenvalue weighted by Crippen LogP contribution is 2.28. The number of nitrogen functional groups attached to an aromatic ring is 1. The van der Waals surface area contributed by atoms with Gasteiger partial charge in [0.25, 0.3) is 0 Å². The van der Waals surface area contributed by atoms with Crippen molar-refractivity contribution in [2.24, 2.45) is 0 Å². The van der Waals surface area contributed by atoms with E-state index in [1.165, 1.54) is 37.7 Å². The molecule has 2 nitrogen and oxygen atoms in total. The first-order valence-electron chi connectivity index (χ1n) is 6.20. The van der Waals surface area contributed by atoms with Gasteiger partial charge in [-0.1, -0.05) is 12.5 Å². The molecule has 1 aliphatic carbocycles. The van der Waals surface area contributed by atoms with E-state index in [1.807, 2.05) is 13.0 Å². The van der Waals surface area contributed by atoms with E-state index in [2.05, 4.69) is 13.0 Å². The van der Waals surface area contributed by atoms with Gasteiger partial charge in [-0.25, -0.2) is 0 Å². The van der Waals surface area contributed by atoms with Crippen LogP contribution >= 0.6 is 0 Å². The Bertz CT molecular complexity index is 367. The van der Waals surface area contributed by atoms with Crippen molar-refractivity contribution in [2.75, 3.05) is 5.73 Å². The number of hydrogen-bond donors (Lipinski definition) is 1. The molecule has 88 valence electrons. The second kappa shape index (κ2) is 4.77. The van der Waals surface area contributed by atoms with Crippen LogP contribution in [-0.4, -0.2) is 6.10 Å². The maximum absolute atomic E-state index is 6.04. The minimum atomic E-state index is 0.398. The van der Waals surface area contributed by atoms with Crippen LogP contribution < -0.4 is 10.5 Å². The molecule has 1 aromatic carbocycles. The lowest BCUT2D eigenvalue weighted by atomic mass is 9.97. The molecule has 0 saturated heterocycles. The molecule has 0 unspecified atom stereocenters. The van der Waals surface area contributed by atoms with E-state index in [0.717, 1.165) is 17.0 Å². The molecule has 16 heavy (non-hydrogen) atoms. The van der Waals surface area contributed by atoms with Gasteiger partial charge in [-0.3, -0.25) is 0 Å². The van der Waals surface area contributed by atoms with Crippen LogP contribution in [0, 0.1) is 13.8 Å². The van der Waals surface area contributed by atoms with Crippen LogP contribution in [-0.2, 0) is 0 Å². The number of benzene rings is 1. The van der Waals surface area contributed by atoms with Gasteiger partial charge in [0.2, 0.25) is 0 Å². The lowest BCUT2D eigenvalue weighted by molar-refractivity contribution is 0.154. The van der Waals surface area contributed by atoms with Crippen LogP contribution in [0.15, 0.2) is 12.1 Å². The Hall–Kier alpha value is -1.18. The predicted octanol–water partition coefficient (Wildman–Crippen LogP) is 3.60. The van der Waals surface area contributed by atoms with E-state index in [9.17, 15) is 0 Å². The first-order valence-corrected chi connectivity index (χ1v) is 6.20. The first kappa shape index (κ1) is 11.3. The number of aryl methyl sites for hydroxylation is 2. The summed E-state index contributed by atoms with van der Waals surface area (Å²) in [7, 11) is 0. The molecule has 1 fully saturated rings. The van der Waals surface area contributed by atoms with Gasteiger partial charge in [-0.2, -0.15) is 0 Å². The molecule has 2 N–H and O–H groups in total. The van der Waals surface area contributed by atoms with Crippen molar-refractivity contribution < 1.29 is 4.74 Å². The zero-order valence-corrected chi connectivity index (χ0v) is 10.3. The van der Waals surface area contributed by atoms with Crippen LogP contribution in [0.4, 0.5) is 5.69 Å². The van der Waals surface area contributed by atoms with E-state index >= 15 is 0 Å². The summed E-state index contributed by atoms with van der Waals surface area (Å²) in [5, 5.41) is 0. The SMILES string of the molecule is Cc1cc(C)c(OC2CCCCC2)cc1N. The van der Waals surface area contributed by atoms with E-state index in [4.69, 9.17) is 10.5 Å². The molecule has 0 amide bonds. The van der Waals surface area contributed by atoms with Crippen molar-refractivity contribution in [2.45, 2.75) is 52.1 Å². The summed E-state index contributed by atoms with van der Waals surface area (Å²) in [6, 6.07) is 4.08. The van der Waals surface area contributed by atoms with Gasteiger partial charge in [0.05, 0.1) is 6.10 Å². The zero-order chi connectivity index (χ0) is 11.5. The Balaban J connectivity index is 2.11. The fraction of sp³-hybridized carbons (Fsp3) is 0.571. The summed E-state index contributed by atoms with van der Waals surface area (Å²) >= 11 is 0. The highest BCUT2D eigenvalue weighted by molar-refractivity contribution is 5.54. The number of nitrogens with two attached hydrogens (primary N) is 1. The van der Waals surface area contributed by atoms with Crippen LogP contribution in [0.2, 0.25) is 0 Å². The summed E-state index contributed by atoms with van der Waals surface area (Å²) in [6.07, 6.45) is 6.72. The molecule has 0 heterocycles. The number of hydrogen-bond acceptors (Lipinski definition) is 2. The largest absolute Gasteiger partial charge is 0.490 e. The maximum Gasteiger partial charge on any atom is 0.124 e. The van der Waals surface area contributed by atoms with E-state index in [-0.39, 0.29) is 0 Å². The second-order valence-electron chi connectivity index (χ2n) is 4.85. The van der Waals surface area contributed by atoms with Crippen LogP contribution in [0.5, 0.6) is 5.75 Å². The molecule has 0 atom stereocenters. The molecule has 1 saturated carbocycles. The molecule has 0 aliphatic heterocycles. The zero-order valence-electron chi connectivity index (χ0n) is 10.3. The smallest absolute Gasteiger partial charge is 0.124 e. The highest BCUT2D eigenvalue weighted by atomic mass is 16.5. The maximum atomic E-state index is 6.04.